The third kappa shape index (κ3) is 9.13. The summed E-state index contributed by atoms with van der Waals surface area (Å²) < 4.78 is 39.6. The Hall–Kier alpha value is -9.74. The van der Waals surface area contributed by atoms with E-state index in [0.717, 1.165) is 101 Å². The summed E-state index contributed by atoms with van der Waals surface area (Å²) in [6.45, 7) is 13.8. The number of benzene rings is 11. The first kappa shape index (κ1) is 52.4. The minimum Gasteiger partial charge on any atom is -0.509 e. The van der Waals surface area contributed by atoms with Crippen LogP contribution in [0.15, 0.2) is 249 Å². The standard InChI is InChI=1S/C82H63N4O2.Pt/c1-52-21-18-22-53(43-52)55-38-42-78(83-50-55)86-72-32-13-9-26-65(72)66-40-39-61(49-75(66)86)87-60-24-19-23-59(48-60)84-51-85(74-34-15-14-33-73(74)84)79-62(27-20-28-63(79)56-44-57(80(2,3)4)47-58(45-56)81(5,6)7)54-37-41-69-67(46-54)64-25-8-10-29-68(64)82(69)70-30-11-16-35-76(70)88-77-36-17-12-31-71(77)82;/h8-47,50-51H,1-7H3;/q-3;/i1D3;. The van der Waals surface area contributed by atoms with Crippen molar-refractivity contribution in [2.75, 3.05) is 9.80 Å². The molecule has 0 bridgehead atoms. The van der Waals surface area contributed by atoms with Crippen LogP contribution in [0.25, 0.3) is 72.1 Å². The summed E-state index contributed by atoms with van der Waals surface area (Å²) in [7, 11) is 0. The van der Waals surface area contributed by atoms with E-state index in [1.54, 1.807) is 24.4 Å². The van der Waals surface area contributed by atoms with Gasteiger partial charge >= 0.3 is 0 Å². The van der Waals surface area contributed by atoms with E-state index in [2.05, 4.69) is 251 Å². The molecule has 16 rings (SSSR count). The number of anilines is 4. The molecule has 4 heterocycles. The number of hydrogen-bond acceptors (Lipinski definition) is 5. The molecule has 11 aromatic carbocycles. The monoisotopic (exact) mass is 1330 g/mol. The van der Waals surface area contributed by atoms with Gasteiger partial charge in [0.1, 0.15) is 17.3 Å². The zero-order chi connectivity index (χ0) is 62.1. The van der Waals surface area contributed by atoms with Crippen LogP contribution >= 0.6 is 0 Å². The minimum absolute atomic E-state index is 0. The van der Waals surface area contributed by atoms with Gasteiger partial charge in [0.05, 0.1) is 5.41 Å². The summed E-state index contributed by atoms with van der Waals surface area (Å²) in [4.78, 5) is 9.57. The summed E-state index contributed by atoms with van der Waals surface area (Å²) in [6, 6.07) is 92.5. The number of para-hydroxylation sites is 6. The van der Waals surface area contributed by atoms with Crippen molar-refractivity contribution in [1.29, 1.82) is 0 Å². The molecule has 13 aromatic rings. The summed E-state index contributed by atoms with van der Waals surface area (Å²) in [5, 5.41) is 2.06. The Morgan fingerprint density at radius 2 is 1.10 bits per heavy atom. The Balaban J connectivity index is 0.00000702. The summed E-state index contributed by atoms with van der Waals surface area (Å²) >= 11 is 0. The number of aryl methyl sites for hydroxylation is 1. The van der Waals surface area contributed by atoms with Gasteiger partial charge in [0, 0.05) is 93.3 Å². The third-order valence-electron chi connectivity index (χ3n) is 18.0. The number of aromatic nitrogens is 2. The van der Waals surface area contributed by atoms with Gasteiger partial charge in [0.15, 0.2) is 0 Å². The zero-order valence-corrected chi connectivity index (χ0v) is 52.4. The van der Waals surface area contributed by atoms with Crippen molar-refractivity contribution in [2.45, 2.75) is 64.6 Å². The molecule has 3 aliphatic rings. The molecule has 2 aliphatic heterocycles. The summed E-state index contributed by atoms with van der Waals surface area (Å²) in [6.07, 6.45) is 1.80. The first-order valence-corrected chi connectivity index (χ1v) is 30.2. The van der Waals surface area contributed by atoms with Crippen LogP contribution < -0.4 is 19.3 Å². The van der Waals surface area contributed by atoms with Crippen molar-refractivity contribution in [3.05, 3.63) is 307 Å². The van der Waals surface area contributed by atoms with Gasteiger partial charge in [-0.05, 0) is 122 Å². The van der Waals surface area contributed by atoms with Gasteiger partial charge < -0.3 is 23.8 Å². The van der Waals surface area contributed by atoms with Gasteiger partial charge in [0.2, 0.25) is 0 Å². The predicted octanol–water partition coefficient (Wildman–Crippen LogP) is 21.4. The molecule has 1 spiro atoms. The second-order valence-corrected chi connectivity index (χ2v) is 25.4. The van der Waals surface area contributed by atoms with Crippen LogP contribution in [-0.2, 0) is 37.3 Å². The third-order valence-corrected chi connectivity index (χ3v) is 18.0. The molecule has 436 valence electrons. The zero-order valence-electron chi connectivity index (χ0n) is 53.2. The van der Waals surface area contributed by atoms with Gasteiger partial charge in [-0.3, -0.25) is 0 Å². The predicted molar refractivity (Wildman–Crippen MR) is 360 cm³/mol. The van der Waals surface area contributed by atoms with E-state index < -0.39 is 12.3 Å². The number of fused-ring (bicyclic) bond motifs is 13. The van der Waals surface area contributed by atoms with E-state index in [9.17, 15) is 0 Å². The molecule has 0 fully saturated rings. The molecule has 89 heavy (non-hydrogen) atoms. The average Bonchev–Trinajstić information content (AvgIpc) is 1.47. The van der Waals surface area contributed by atoms with Crippen LogP contribution in [0.3, 0.4) is 0 Å². The Bertz CT molecular complexity index is 5020. The Morgan fingerprint density at radius 1 is 0.483 bits per heavy atom. The van der Waals surface area contributed by atoms with Gasteiger partial charge in [-0.1, -0.05) is 216 Å². The first-order chi connectivity index (χ1) is 44.0. The SMILES string of the molecule is [2H]C([2H])([2H])c1cccc(-c2ccc(-n3c4[c-]c(Oc5[c-]c(N6[CH-]N(c7c(-c8cc(C(C)(C)C)cc(C(C)(C)C)c8)cccc7-c7ccc8c(c7)-c7ccccc7C87c8ccccc8Oc8ccccc87)c7ccccc76)ccc5)ccc4c4ccccc43)nc2)c1.[Pt]. The Morgan fingerprint density at radius 3 is 1.83 bits per heavy atom. The number of nitrogens with zero attached hydrogens (tertiary/aromatic N) is 4. The van der Waals surface area contributed by atoms with Crippen molar-refractivity contribution >= 4 is 44.6 Å². The molecule has 2 aromatic heterocycles. The summed E-state index contributed by atoms with van der Waals surface area (Å²) in [5.74, 6) is 3.49. The first-order valence-electron chi connectivity index (χ1n) is 31.7. The van der Waals surface area contributed by atoms with Crippen LogP contribution in [-0.4, -0.2) is 9.55 Å². The van der Waals surface area contributed by atoms with E-state index >= 15 is 0 Å². The van der Waals surface area contributed by atoms with Crippen LogP contribution in [0.4, 0.5) is 22.7 Å². The van der Waals surface area contributed by atoms with Gasteiger partial charge in [-0.25, -0.2) is 4.98 Å². The average molecular weight is 1330 g/mol. The Labute approximate surface area is 539 Å². The van der Waals surface area contributed by atoms with Crippen molar-refractivity contribution in [1.82, 2.24) is 9.55 Å². The van der Waals surface area contributed by atoms with E-state index in [-0.39, 0.29) is 37.5 Å². The topological polar surface area (TPSA) is 42.8 Å². The van der Waals surface area contributed by atoms with Gasteiger partial charge in [0.25, 0.3) is 0 Å². The maximum Gasteiger partial charge on any atom is 0.135 e. The molecule has 0 unspecified atom stereocenters. The van der Waals surface area contributed by atoms with Crippen molar-refractivity contribution in [3.63, 3.8) is 0 Å². The second-order valence-electron chi connectivity index (χ2n) is 25.4. The van der Waals surface area contributed by atoms with E-state index in [0.29, 0.717) is 17.3 Å². The molecule has 0 atom stereocenters. The van der Waals surface area contributed by atoms with Crippen molar-refractivity contribution in [3.8, 4) is 73.3 Å². The Kier molecular flexibility index (Phi) is 12.5. The van der Waals surface area contributed by atoms with Crippen LogP contribution in [0.5, 0.6) is 23.0 Å². The molecule has 0 saturated carbocycles. The maximum absolute atomic E-state index is 7.98. The molecule has 7 heteroatoms. The molecule has 0 N–H and O–H groups in total. The molecular formula is C82H63N4O2Pt-3. The molecule has 0 amide bonds. The van der Waals surface area contributed by atoms with Crippen LogP contribution in [0.2, 0.25) is 0 Å². The minimum atomic E-state index is -2.21. The number of hydrogen-bond donors (Lipinski definition) is 0. The van der Waals surface area contributed by atoms with Gasteiger partial charge in [-0.15, -0.1) is 48.1 Å². The molecule has 0 saturated heterocycles. The fraction of sp³-hybridized carbons (Fsp3) is 0.122. The second kappa shape index (κ2) is 21.3. The summed E-state index contributed by atoms with van der Waals surface area (Å²) in [5.41, 5.74) is 20.9. The van der Waals surface area contributed by atoms with Gasteiger partial charge in [-0.2, -0.15) is 12.1 Å². The molecule has 1 aliphatic carbocycles. The number of pyridine rings is 1. The smallest absolute Gasteiger partial charge is 0.135 e. The largest absolute Gasteiger partial charge is 0.509 e. The quantitative estimate of drug-likeness (QED) is 0.142. The normalized spacial score (nSPS) is 14.2. The molecular weight excluding hydrogens is 1270 g/mol. The van der Waals surface area contributed by atoms with E-state index in [1.807, 2.05) is 48.5 Å². The van der Waals surface area contributed by atoms with Crippen molar-refractivity contribution in [2.24, 2.45) is 0 Å². The fourth-order valence-corrected chi connectivity index (χ4v) is 13.7. The number of ether oxygens (including phenoxy) is 2. The van der Waals surface area contributed by atoms with Crippen LogP contribution in [0, 0.1) is 25.7 Å². The van der Waals surface area contributed by atoms with E-state index in [1.165, 1.54) is 33.4 Å². The molecule has 0 radical (unpaired) electrons. The van der Waals surface area contributed by atoms with Crippen LogP contribution in [0.1, 0.15) is 84.6 Å². The molecule has 6 nitrogen and oxygen atoms in total. The maximum atomic E-state index is 7.98. The van der Waals surface area contributed by atoms with Crippen molar-refractivity contribution < 1.29 is 34.7 Å². The number of rotatable bonds is 8. The van der Waals surface area contributed by atoms with E-state index in [4.69, 9.17) is 18.6 Å². The fourth-order valence-electron chi connectivity index (χ4n) is 13.7.